The van der Waals surface area contributed by atoms with Gasteiger partial charge in [0.25, 0.3) is 0 Å². The molecule has 5 aliphatic rings. The van der Waals surface area contributed by atoms with E-state index in [0.717, 1.165) is 36.4 Å². The van der Waals surface area contributed by atoms with Crippen LogP contribution in [-0.4, -0.2) is 43.1 Å². The molecule has 37 heavy (non-hydrogen) atoms. The minimum Gasteiger partial charge on any atom is -0.497 e. The second-order valence-corrected chi connectivity index (χ2v) is 11.9. The average Bonchev–Trinajstić information content (AvgIpc) is 3.16. The van der Waals surface area contributed by atoms with Crippen molar-refractivity contribution in [1.82, 2.24) is 15.8 Å². The van der Waals surface area contributed by atoms with Crippen LogP contribution in [0.25, 0.3) is 6.08 Å². The number of fused-ring (bicyclic) bond motifs is 3. The summed E-state index contributed by atoms with van der Waals surface area (Å²) in [6.07, 6.45) is 11.8. The molecule has 4 unspecified atom stereocenters. The molecule has 4 fully saturated rings. The number of hydrogen-bond donors (Lipinski definition) is 3. The summed E-state index contributed by atoms with van der Waals surface area (Å²) in [5.41, 5.74) is 11.6. The van der Waals surface area contributed by atoms with Crippen molar-refractivity contribution in [2.24, 2.45) is 17.8 Å². The molecule has 194 valence electrons. The Bertz CT molecular complexity index is 1200. The Labute approximate surface area is 219 Å². The molecule has 2 aromatic carbocycles. The predicted molar refractivity (Wildman–Crippen MR) is 146 cm³/mol. The van der Waals surface area contributed by atoms with Gasteiger partial charge in [0.05, 0.1) is 12.5 Å². The van der Waals surface area contributed by atoms with Crippen LogP contribution >= 0.6 is 0 Å². The first-order valence-corrected chi connectivity index (χ1v) is 14.1. The number of hydrazine groups is 1. The maximum Gasteiger partial charge on any atom is 0.235 e. The lowest BCUT2D eigenvalue weighted by atomic mass is 9.73. The molecule has 0 aromatic heterocycles. The molecule has 3 aliphatic heterocycles. The number of likely N-dealkylation sites (tertiary alicyclic amines) is 1. The van der Waals surface area contributed by atoms with Crippen molar-refractivity contribution < 1.29 is 9.53 Å². The molecule has 1 amide bonds. The fraction of sp³-hybridized carbons (Fsp3) is 0.516. The Morgan fingerprint density at radius 3 is 2.73 bits per heavy atom. The fourth-order valence-corrected chi connectivity index (χ4v) is 7.75. The number of nitrogens with zero attached hydrogens (tertiary/aromatic N) is 1. The number of carbonyl (C=O) groups excluding carboxylic acids is 1. The highest BCUT2D eigenvalue weighted by Crippen LogP contribution is 2.65. The summed E-state index contributed by atoms with van der Waals surface area (Å²) >= 11 is 0. The number of nitrogens with one attached hydrogen (secondary N) is 3. The first-order valence-electron chi connectivity index (χ1n) is 14.1. The molecule has 3 heterocycles. The van der Waals surface area contributed by atoms with Crippen LogP contribution in [0, 0.1) is 17.8 Å². The van der Waals surface area contributed by atoms with Crippen molar-refractivity contribution in [3.8, 4) is 5.75 Å². The zero-order valence-electron chi connectivity index (χ0n) is 21.7. The van der Waals surface area contributed by atoms with E-state index in [1.165, 1.54) is 49.9 Å². The summed E-state index contributed by atoms with van der Waals surface area (Å²) in [4.78, 5) is 15.6. The average molecular weight is 499 g/mol. The van der Waals surface area contributed by atoms with Crippen LogP contribution in [0.3, 0.4) is 0 Å². The number of amides is 1. The van der Waals surface area contributed by atoms with Crippen molar-refractivity contribution >= 4 is 17.7 Å². The van der Waals surface area contributed by atoms with Crippen molar-refractivity contribution in [3.63, 3.8) is 0 Å². The van der Waals surface area contributed by atoms with Crippen LogP contribution in [0.2, 0.25) is 0 Å². The summed E-state index contributed by atoms with van der Waals surface area (Å²) in [7, 11) is 1.69. The lowest BCUT2D eigenvalue weighted by Gasteiger charge is -2.33. The number of rotatable bonds is 6. The third-order valence-electron chi connectivity index (χ3n) is 9.87. The summed E-state index contributed by atoms with van der Waals surface area (Å²) in [5, 5.41) is 3.14. The van der Waals surface area contributed by atoms with Crippen molar-refractivity contribution in [2.75, 3.05) is 25.5 Å². The Kier molecular flexibility index (Phi) is 5.87. The van der Waals surface area contributed by atoms with E-state index in [0.29, 0.717) is 29.8 Å². The number of methoxy groups -OCH3 is 1. The van der Waals surface area contributed by atoms with Crippen LogP contribution in [0.4, 0.5) is 5.69 Å². The third kappa shape index (κ3) is 4.10. The topological polar surface area (TPSA) is 65.6 Å². The monoisotopic (exact) mass is 498 g/mol. The van der Waals surface area contributed by atoms with Crippen LogP contribution in [0.5, 0.6) is 5.75 Å². The van der Waals surface area contributed by atoms with Gasteiger partial charge in [-0.05, 0) is 104 Å². The minimum atomic E-state index is -0.340. The van der Waals surface area contributed by atoms with E-state index >= 15 is 0 Å². The van der Waals surface area contributed by atoms with E-state index < -0.39 is 0 Å². The van der Waals surface area contributed by atoms with Gasteiger partial charge in [0.2, 0.25) is 5.91 Å². The molecule has 3 N–H and O–H groups in total. The smallest absolute Gasteiger partial charge is 0.235 e. The maximum atomic E-state index is 13.1. The summed E-state index contributed by atoms with van der Waals surface area (Å²) in [6.45, 7) is 3.55. The highest BCUT2D eigenvalue weighted by Gasteiger charge is 2.67. The second-order valence-electron chi connectivity index (χ2n) is 11.9. The van der Waals surface area contributed by atoms with E-state index in [1.807, 2.05) is 12.1 Å². The molecule has 2 aromatic rings. The van der Waals surface area contributed by atoms with Crippen molar-refractivity contribution in [2.45, 2.75) is 62.6 Å². The first-order chi connectivity index (χ1) is 18.1. The third-order valence-corrected chi connectivity index (χ3v) is 9.87. The number of benzene rings is 2. The largest absolute Gasteiger partial charge is 0.497 e. The zero-order chi connectivity index (χ0) is 25.0. The van der Waals surface area contributed by atoms with E-state index in [-0.39, 0.29) is 11.3 Å². The van der Waals surface area contributed by atoms with Crippen LogP contribution < -0.4 is 20.9 Å². The van der Waals surface area contributed by atoms with E-state index in [2.05, 4.69) is 63.6 Å². The minimum absolute atomic E-state index is 0.188. The number of carbonyl (C=O) groups is 1. The Hall–Kier alpha value is -2.67. The van der Waals surface area contributed by atoms with Gasteiger partial charge < -0.3 is 10.1 Å². The highest BCUT2D eigenvalue weighted by molar-refractivity contribution is 6.09. The molecule has 6 atom stereocenters. The summed E-state index contributed by atoms with van der Waals surface area (Å²) in [6, 6.07) is 15.9. The normalized spacial score (nSPS) is 34.6. The second kappa shape index (κ2) is 9.26. The van der Waals surface area contributed by atoms with Gasteiger partial charge in [0.15, 0.2) is 0 Å². The van der Waals surface area contributed by atoms with Crippen molar-refractivity contribution in [1.29, 1.82) is 0 Å². The Morgan fingerprint density at radius 1 is 1.08 bits per heavy atom. The quantitative estimate of drug-likeness (QED) is 0.548. The molecular formula is C31H38N4O2. The zero-order valence-corrected chi connectivity index (χ0v) is 21.7. The standard InChI is InChI=1S/C31H38N4O2/c1-37-23-10-13-28-25(17-23)31(30(36)32-28)18-26(31)22-9-11-24-27(33-34-29(24)16-22)12-8-20-4-6-21(7-5-20)19-35-14-2-3-15-35/h4-8,10,12-13,17,22,24,26-27,29,33-34H,2-3,9,11,14-16,18-19H2,1H3,(H,32,36)/b12-8+/t22?,24?,26-,27?,29?,31-/m0/s1. The number of hydrogen-bond acceptors (Lipinski definition) is 5. The van der Waals surface area contributed by atoms with Crippen molar-refractivity contribution in [3.05, 3.63) is 65.2 Å². The van der Waals surface area contributed by atoms with Gasteiger partial charge in [-0.15, -0.1) is 0 Å². The Morgan fingerprint density at radius 2 is 1.92 bits per heavy atom. The van der Waals surface area contributed by atoms with Gasteiger partial charge in [-0.1, -0.05) is 36.4 Å². The molecule has 1 spiro atoms. The van der Waals surface area contributed by atoms with E-state index in [1.54, 1.807) is 7.11 Å². The number of anilines is 1. The Balaban J connectivity index is 0.977. The summed E-state index contributed by atoms with van der Waals surface area (Å²) in [5.74, 6) is 2.62. The first kappa shape index (κ1) is 23.4. The molecule has 0 radical (unpaired) electrons. The van der Waals surface area contributed by atoms with Gasteiger partial charge in [0, 0.05) is 24.3 Å². The lowest BCUT2D eigenvalue weighted by molar-refractivity contribution is -0.118. The molecule has 2 saturated carbocycles. The molecular weight excluding hydrogens is 460 g/mol. The van der Waals surface area contributed by atoms with Crippen LogP contribution in [0.15, 0.2) is 48.5 Å². The van der Waals surface area contributed by atoms with E-state index in [9.17, 15) is 4.79 Å². The van der Waals surface area contributed by atoms with Gasteiger partial charge in [-0.25, -0.2) is 0 Å². The number of ether oxygens (including phenoxy) is 1. The molecule has 6 heteroatoms. The SMILES string of the molecule is COc1ccc2c(c1)[C@]1(C[C@H]1C1CCC3C(/C=C/c4ccc(CN5CCCC5)cc4)NNC3C1)C(=O)N2. The maximum absolute atomic E-state index is 13.1. The molecule has 0 bridgehead atoms. The van der Waals surface area contributed by atoms with Crippen LogP contribution in [0.1, 0.15) is 55.2 Å². The highest BCUT2D eigenvalue weighted by atomic mass is 16.5. The molecule has 2 saturated heterocycles. The summed E-state index contributed by atoms with van der Waals surface area (Å²) < 4.78 is 5.47. The predicted octanol–water partition coefficient (Wildman–Crippen LogP) is 4.48. The fourth-order valence-electron chi connectivity index (χ4n) is 7.75. The van der Waals surface area contributed by atoms with Gasteiger partial charge in [-0.2, -0.15) is 0 Å². The lowest BCUT2D eigenvalue weighted by Crippen LogP contribution is -2.37. The van der Waals surface area contributed by atoms with Gasteiger partial charge >= 0.3 is 0 Å². The molecule has 7 rings (SSSR count). The molecule has 2 aliphatic carbocycles. The van der Waals surface area contributed by atoms with Gasteiger partial charge in [-0.3, -0.25) is 20.5 Å². The molecule has 6 nitrogen and oxygen atoms in total. The van der Waals surface area contributed by atoms with E-state index in [4.69, 9.17) is 4.74 Å². The van der Waals surface area contributed by atoms with Gasteiger partial charge in [0.1, 0.15) is 5.75 Å². The van der Waals surface area contributed by atoms with Crippen LogP contribution in [-0.2, 0) is 16.8 Å².